The lowest BCUT2D eigenvalue weighted by Crippen LogP contribution is -2.17. The number of hydrogen-bond donors (Lipinski definition) is 1. The molecule has 64 valence electrons. The predicted octanol–water partition coefficient (Wildman–Crippen LogP) is 2.65. The van der Waals surface area contributed by atoms with Gasteiger partial charge in [0, 0.05) is 21.8 Å². The van der Waals surface area contributed by atoms with Gasteiger partial charge in [0.1, 0.15) is 0 Å². The van der Waals surface area contributed by atoms with Crippen LogP contribution in [0.1, 0.15) is 19.4 Å². The molecular weight excluding hydrogens is 166 g/mol. The Labute approximate surface area is 77.3 Å². The highest BCUT2D eigenvalue weighted by molar-refractivity contribution is 7.99. The summed E-state index contributed by atoms with van der Waals surface area (Å²) < 4.78 is 0. The van der Waals surface area contributed by atoms with E-state index in [2.05, 4.69) is 19.9 Å². The molecule has 0 atom stereocenters. The van der Waals surface area contributed by atoms with Crippen LogP contribution >= 0.6 is 11.8 Å². The van der Waals surface area contributed by atoms with E-state index in [-0.39, 0.29) is 5.41 Å². The highest BCUT2D eigenvalue weighted by Crippen LogP contribution is 2.45. The minimum Gasteiger partial charge on any atom is -0.398 e. The molecule has 0 saturated heterocycles. The van der Waals surface area contributed by atoms with Gasteiger partial charge in [-0.2, -0.15) is 0 Å². The Morgan fingerprint density at radius 1 is 1.42 bits per heavy atom. The molecule has 1 aromatic rings. The number of benzene rings is 1. The van der Waals surface area contributed by atoms with Gasteiger partial charge in [0.25, 0.3) is 0 Å². The third kappa shape index (κ3) is 1.02. The Kier molecular flexibility index (Phi) is 1.62. The fraction of sp³-hybridized carbons (Fsp3) is 0.400. The van der Waals surface area contributed by atoms with Crippen molar-refractivity contribution in [1.29, 1.82) is 0 Å². The van der Waals surface area contributed by atoms with Gasteiger partial charge in [-0.25, -0.2) is 0 Å². The first kappa shape index (κ1) is 7.99. The quantitative estimate of drug-likeness (QED) is 0.620. The first-order valence-corrected chi connectivity index (χ1v) is 5.11. The highest BCUT2D eigenvalue weighted by atomic mass is 32.2. The zero-order valence-corrected chi connectivity index (χ0v) is 8.24. The molecule has 0 fully saturated rings. The number of fused-ring (bicyclic) bond motifs is 1. The fourth-order valence-electron chi connectivity index (χ4n) is 1.72. The van der Waals surface area contributed by atoms with Crippen LogP contribution in [0.4, 0.5) is 5.69 Å². The second kappa shape index (κ2) is 2.43. The van der Waals surface area contributed by atoms with Crippen LogP contribution in [0.2, 0.25) is 0 Å². The van der Waals surface area contributed by atoms with E-state index in [0.717, 1.165) is 11.4 Å². The van der Waals surface area contributed by atoms with Crippen LogP contribution in [0.5, 0.6) is 0 Å². The van der Waals surface area contributed by atoms with Gasteiger partial charge in [-0.1, -0.05) is 19.9 Å². The Bertz CT molecular complexity index is 318. The van der Waals surface area contributed by atoms with Crippen molar-refractivity contribution in [3.05, 3.63) is 23.8 Å². The van der Waals surface area contributed by atoms with Crippen LogP contribution in [0.15, 0.2) is 23.1 Å². The average Bonchev–Trinajstić information content (AvgIpc) is 2.29. The molecule has 1 aliphatic heterocycles. The maximum absolute atomic E-state index is 5.93. The summed E-state index contributed by atoms with van der Waals surface area (Å²) in [4.78, 5) is 1.36. The molecule has 0 aliphatic carbocycles. The second-order valence-electron chi connectivity index (χ2n) is 3.89. The number of anilines is 1. The van der Waals surface area contributed by atoms with Crippen molar-refractivity contribution in [2.75, 3.05) is 11.5 Å². The van der Waals surface area contributed by atoms with Crippen LogP contribution in [-0.2, 0) is 5.41 Å². The smallest absolute Gasteiger partial charge is 0.0363 e. The van der Waals surface area contributed by atoms with Gasteiger partial charge in [0.2, 0.25) is 0 Å². The van der Waals surface area contributed by atoms with E-state index >= 15 is 0 Å². The van der Waals surface area contributed by atoms with Gasteiger partial charge in [-0.15, -0.1) is 11.8 Å². The molecule has 2 heteroatoms. The maximum Gasteiger partial charge on any atom is 0.0363 e. The van der Waals surface area contributed by atoms with E-state index in [1.807, 2.05) is 23.9 Å². The number of rotatable bonds is 0. The van der Waals surface area contributed by atoms with E-state index in [1.54, 1.807) is 0 Å². The van der Waals surface area contributed by atoms with Crippen LogP contribution in [0.25, 0.3) is 0 Å². The number of nitrogen functional groups attached to an aromatic ring is 1. The molecule has 12 heavy (non-hydrogen) atoms. The molecule has 0 bridgehead atoms. The lowest BCUT2D eigenvalue weighted by molar-refractivity contribution is 0.607. The Balaban J connectivity index is 2.64. The zero-order valence-electron chi connectivity index (χ0n) is 7.42. The van der Waals surface area contributed by atoms with E-state index in [0.29, 0.717) is 0 Å². The largest absolute Gasteiger partial charge is 0.398 e. The maximum atomic E-state index is 5.93. The summed E-state index contributed by atoms with van der Waals surface area (Å²) in [6.07, 6.45) is 0. The molecule has 1 aromatic carbocycles. The van der Waals surface area contributed by atoms with Crippen LogP contribution in [-0.4, -0.2) is 5.75 Å². The van der Waals surface area contributed by atoms with Crippen molar-refractivity contribution in [3.8, 4) is 0 Å². The molecule has 0 amide bonds. The topological polar surface area (TPSA) is 26.0 Å². The van der Waals surface area contributed by atoms with Crippen molar-refractivity contribution in [1.82, 2.24) is 0 Å². The first-order valence-electron chi connectivity index (χ1n) is 4.13. The third-order valence-corrected chi connectivity index (χ3v) is 3.84. The van der Waals surface area contributed by atoms with Gasteiger partial charge >= 0.3 is 0 Å². The molecule has 0 spiro atoms. The van der Waals surface area contributed by atoms with Crippen LogP contribution in [0.3, 0.4) is 0 Å². The monoisotopic (exact) mass is 179 g/mol. The fourth-order valence-corrected chi connectivity index (χ4v) is 3.10. The number of hydrogen-bond acceptors (Lipinski definition) is 2. The molecule has 1 heterocycles. The number of nitrogens with two attached hydrogens (primary N) is 1. The van der Waals surface area contributed by atoms with E-state index in [4.69, 9.17) is 5.73 Å². The Hall–Kier alpha value is -0.630. The van der Waals surface area contributed by atoms with Crippen LogP contribution < -0.4 is 5.73 Å². The lowest BCUT2D eigenvalue weighted by atomic mass is 9.86. The molecule has 2 N–H and O–H groups in total. The Morgan fingerprint density at radius 3 is 2.83 bits per heavy atom. The molecule has 1 nitrogen and oxygen atoms in total. The van der Waals surface area contributed by atoms with Crippen LogP contribution in [0, 0.1) is 0 Å². The van der Waals surface area contributed by atoms with Gasteiger partial charge in [0.15, 0.2) is 0 Å². The van der Waals surface area contributed by atoms with Crippen molar-refractivity contribution in [3.63, 3.8) is 0 Å². The SMILES string of the molecule is CC1(C)CSc2cccc(N)c21. The van der Waals surface area contributed by atoms with Crippen molar-refractivity contribution < 1.29 is 0 Å². The minimum atomic E-state index is 0.255. The molecular formula is C10H13NS. The zero-order chi connectivity index (χ0) is 8.77. The lowest BCUT2D eigenvalue weighted by Gasteiger charge is -2.19. The normalized spacial score (nSPS) is 19.2. The third-order valence-electron chi connectivity index (χ3n) is 2.32. The average molecular weight is 179 g/mol. The van der Waals surface area contributed by atoms with Gasteiger partial charge in [-0.05, 0) is 17.7 Å². The molecule has 2 rings (SSSR count). The van der Waals surface area contributed by atoms with Gasteiger partial charge in [0.05, 0.1) is 0 Å². The Morgan fingerprint density at radius 2 is 2.17 bits per heavy atom. The minimum absolute atomic E-state index is 0.255. The van der Waals surface area contributed by atoms with Crippen molar-refractivity contribution >= 4 is 17.4 Å². The molecule has 0 saturated carbocycles. The summed E-state index contributed by atoms with van der Waals surface area (Å²) in [7, 11) is 0. The van der Waals surface area contributed by atoms with Gasteiger partial charge < -0.3 is 5.73 Å². The standard InChI is InChI=1S/C10H13NS/c1-10(2)6-12-8-5-3-4-7(11)9(8)10/h3-5H,6,11H2,1-2H3. The van der Waals surface area contributed by atoms with E-state index < -0.39 is 0 Å². The summed E-state index contributed by atoms with van der Waals surface area (Å²) in [5.74, 6) is 1.15. The highest BCUT2D eigenvalue weighted by Gasteiger charge is 2.31. The predicted molar refractivity (Wildman–Crippen MR) is 54.6 cm³/mol. The van der Waals surface area contributed by atoms with Crippen molar-refractivity contribution in [2.24, 2.45) is 0 Å². The molecule has 0 aromatic heterocycles. The van der Waals surface area contributed by atoms with Crippen molar-refractivity contribution in [2.45, 2.75) is 24.2 Å². The molecule has 0 unspecified atom stereocenters. The molecule has 0 radical (unpaired) electrons. The summed E-state index contributed by atoms with van der Waals surface area (Å²) in [6, 6.07) is 6.18. The summed E-state index contributed by atoms with van der Waals surface area (Å²) >= 11 is 1.91. The first-order chi connectivity index (χ1) is 5.61. The second-order valence-corrected chi connectivity index (χ2v) is 4.91. The summed E-state index contributed by atoms with van der Waals surface area (Å²) in [6.45, 7) is 4.50. The van der Waals surface area contributed by atoms with Gasteiger partial charge in [-0.3, -0.25) is 0 Å². The van der Waals surface area contributed by atoms with E-state index in [1.165, 1.54) is 10.5 Å². The molecule has 1 aliphatic rings. The summed E-state index contributed by atoms with van der Waals surface area (Å²) in [5, 5.41) is 0. The van der Waals surface area contributed by atoms with E-state index in [9.17, 15) is 0 Å². The summed E-state index contributed by atoms with van der Waals surface area (Å²) in [5.41, 5.74) is 8.48. The number of thioether (sulfide) groups is 1.